The molecule has 0 spiro atoms. The Bertz CT molecular complexity index is 366. The van der Waals surface area contributed by atoms with Gasteiger partial charge in [0.2, 0.25) is 0 Å². The van der Waals surface area contributed by atoms with Gasteiger partial charge >= 0.3 is 5.97 Å². The van der Waals surface area contributed by atoms with Crippen LogP contribution in [0.1, 0.15) is 24.8 Å². The largest absolute Gasteiger partial charge is 0.497 e. The van der Waals surface area contributed by atoms with Gasteiger partial charge in [0, 0.05) is 6.42 Å². The molecular weight excluding hydrogens is 216 g/mol. The Hall–Kier alpha value is -1.77. The van der Waals surface area contributed by atoms with E-state index >= 15 is 0 Å². The Balaban J connectivity index is 2.23. The van der Waals surface area contributed by atoms with Crippen molar-refractivity contribution in [2.75, 3.05) is 7.11 Å². The summed E-state index contributed by atoms with van der Waals surface area (Å²) in [4.78, 5) is 10.3. The fraction of sp³-hybridized carbons (Fsp3) is 0.357. The minimum atomic E-state index is -0.746. The van der Waals surface area contributed by atoms with Crippen LogP contribution in [0.25, 0.3) is 0 Å². The Morgan fingerprint density at radius 2 is 1.88 bits per heavy atom. The first-order chi connectivity index (χ1) is 8.22. The van der Waals surface area contributed by atoms with Gasteiger partial charge in [-0.15, -0.1) is 0 Å². The van der Waals surface area contributed by atoms with Gasteiger partial charge in [0.15, 0.2) is 0 Å². The molecule has 0 amide bonds. The van der Waals surface area contributed by atoms with Gasteiger partial charge in [0.1, 0.15) is 5.75 Å². The van der Waals surface area contributed by atoms with Crippen LogP contribution in [0.5, 0.6) is 5.75 Å². The summed E-state index contributed by atoms with van der Waals surface area (Å²) in [6.45, 7) is 0. The number of aryl methyl sites for hydroxylation is 1. The summed E-state index contributed by atoms with van der Waals surface area (Å²) in [5.74, 6) is 0.121. The summed E-state index contributed by atoms with van der Waals surface area (Å²) < 4.78 is 5.08. The van der Waals surface area contributed by atoms with Crippen molar-refractivity contribution in [2.24, 2.45) is 0 Å². The molecule has 3 nitrogen and oxygen atoms in total. The molecule has 0 aliphatic rings. The van der Waals surface area contributed by atoms with Crippen molar-refractivity contribution in [1.29, 1.82) is 0 Å². The topological polar surface area (TPSA) is 46.5 Å². The Morgan fingerprint density at radius 3 is 2.47 bits per heavy atom. The maximum absolute atomic E-state index is 10.3. The highest BCUT2D eigenvalue weighted by molar-refractivity contribution is 5.66. The normalized spacial score (nSPS) is 10.6. The first kappa shape index (κ1) is 13.3. The van der Waals surface area contributed by atoms with Gasteiger partial charge in [0.25, 0.3) is 0 Å². The van der Waals surface area contributed by atoms with Crippen molar-refractivity contribution in [3.63, 3.8) is 0 Å². The number of hydrogen-bond donors (Lipinski definition) is 1. The van der Waals surface area contributed by atoms with E-state index in [-0.39, 0.29) is 6.42 Å². The van der Waals surface area contributed by atoms with Crippen molar-refractivity contribution < 1.29 is 14.6 Å². The third-order valence-corrected chi connectivity index (χ3v) is 2.45. The number of allylic oxidation sites excluding steroid dienone is 2. The van der Waals surface area contributed by atoms with Crippen LogP contribution in [-0.2, 0) is 11.2 Å². The zero-order chi connectivity index (χ0) is 12.5. The molecule has 0 bridgehead atoms. The van der Waals surface area contributed by atoms with Crippen molar-refractivity contribution in [3.8, 4) is 5.75 Å². The highest BCUT2D eigenvalue weighted by Gasteiger charge is 1.94. The van der Waals surface area contributed by atoms with Gasteiger partial charge in [0.05, 0.1) is 7.11 Å². The van der Waals surface area contributed by atoms with Crippen LogP contribution in [0.15, 0.2) is 36.4 Å². The summed E-state index contributed by atoms with van der Waals surface area (Å²) in [5, 5.41) is 8.45. The molecule has 1 N–H and O–H groups in total. The number of methoxy groups -OCH3 is 1. The lowest BCUT2D eigenvalue weighted by molar-refractivity contribution is -0.136. The standard InChI is InChI=1S/C14H18O3/c1-17-13-10-8-12(9-11-13)6-4-2-3-5-7-14(15)16/h2-3,8-11H,4-7H2,1H3,(H,15,16). The van der Waals surface area contributed by atoms with E-state index in [2.05, 4.69) is 0 Å². The van der Waals surface area contributed by atoms with E-state index in [1.165, 1.54) is 5.56 Å². The summed E-state index contributed by atoms with van der Waals surface area (Å²) in [6.07, 6.45) is 6.68. The van der Waals surface area contributed by atoms with E-state index < -0.39 is 5.97 Å². The zero-order valence-corrected chi connectivity index (χ0v) is 10.1. The average Bonchev–Trinajstić information content (AvgIpc) is 2.34. The van der Waals surface area contributed by atoms with Crippen LogP contribution in [0.2, 0.25) is 0 Å². The second kappa shape index (κ2) is 7.49. The number of rotatable bonds is 7. The van der Waals surface area contributed by atoms with Gasteiger partial charge in [-0.1, -0.05) is 24.3 Å². The third-order valence-electron chi connectivity index (χ3n) is 2.45. The van der Waals surface area contributed by atoms with Crippen LogP contribution < -0.4 is 4.74 Å². The summed E-state index contributed by atoms with van der Waals surface area (Å²) in [6, 6.07) is 7.99. The molecule has 0 unspecified atom stereocenters. The van der Waals surface area contributed by atoms with Gasteiger partial charge < -0.3 is 9.84 Å². The molecule has 1 rings (SSSR count). The van der Waals surface area contributed by atoms with Crippen LogP contribution in [0, 0.1) is 0 Å². The van der Waals surface area contributed by atoms with Crippen molar-refractivity contribution in [3.05, 3.63) is 42.0 Å². The summed E-state index contributed by atoms with van der Waals surface area (Å²) >= 11 is 0. The molecule has 0 saturated carbocycles. The summed E-state index contributed by atoms with van der Waals surface area (Å²) in [5.41, 5.74) is 1.26. The Morgan fingerprint density at radius 1 is 1.24 bits per heavy atom. The SMILES string of the molecule is COc1ccc(CCC=CCCC(=O)O)cc1. The second-order valence-electron chi connectivity index (χ2n) is 3.79. The number of ether oxygens (including phenoxy) is 1. The zero-order valence-electron chi connectivity index (χ0n) is 10.1. The fourth-order valence-electron chi connectivity index (χ4n) is 1.48. The van der Waals surface area contributed by atoms with Crippen LogP contribution >= 0.6 is 0 Å². The predicted molar refractivity (Wildman–Crippen MR) is 67.3 cm³/mol. The van der Waals surface area contributed by atoms with Gasteiger partial charge in [-0.05, 0) is 37.0 Å². The molecule has 0 aliphatic carbocycles. The smallest absolute Gasteiger partial charge is 0.303 e. The number of carboxylic acid groups (broad SMARTS) is 1. The predicted octanol–water partition coefficient (Wildman–Crippen LogP) is 3.05. The monoisotopic (exact) mass is 234 g/mol. The number of hydrogen-bond acceptors (Lipinski definition) is 2. The molecule has 0 saturated heterocycles. The maximum atomic E-state index is 10.3. The molecule has 1 aromatic carbocycles. The van der Waals surface area contributed by atoms with E-state index in [0.29, 0.717) is 6.42 Å². The first-order valence-corrected chi connectivity index (χ1v) is 5.72. The lowest BCUT2D eigenvalue weighted by Crippen LogP contribution is -1.91. The molecule has 0 heterocycles. The molecule has 17 heavy (non-hydrogen) atoms. The highest BCUT2D eigenvalue weighted by Crippen LogP contribution is 2.12. The van der Waals surface area contributed by atoms with Crippen LogP contribution in [-0.4, -0.2) is 18.2 Å². The van der Waals surface area contributed by atoms with E-state index in [4.69, 9.17) is 9.84 Å². The molecule has 0 fully saturated rings. The summed E-state index contributed by atoms with van der Waals surface area (Å²) in [7, 11) is 1.65. The molecular formula is C14H18O3. The lowest BCUT2D eigenvalue weighted by atomic mass is 10.1. The minimum absolute atomic E-state index is 0.207. The first-order valence-electron chi connectivity index (χ1n) is 5.72. The van der Waals surface area contributed by atoms with Crippen molar-refractivity contribution in [2.45, 2.75) is 25.7 Å². The van der Waals surface area contributed by atoms with Gasteiger partial charge in [-0.2, -0.15) is 0 Å². The Kier molecular flexibility index (Phi) is 5.86. The number of benzene rings is 1. The quantitative estimate of drug-likeness (QED) is 0.737. The van der Waals surface area contributed by atoms with Crippen LogP contribution in [0.3, 0.4) is 0 Å². The molecule has 0 radical (unpaired) electrons. The van der Waals surface area contributed by atoms with Crippen LogP contribution in [0.4, 0.5) is 0 Å². The average molecular weight is 234 g/mol. The van der Waals surface area contributed by atoms with Crippen molar-refractivity contribution in [1.82, 2.24) is 0 Å². The maximum Gasteiger partial charge on any atom is 0.303 e. The second-order valence-corrected chi connectivity index (χ2v) is 3.79. The highest BCUT2D eigenvalue weighted by atomic mass is 16.5. The van der Waals surface area contributed by atoms with Crippen molar-refractivity contribution >= 4 is 5.97 Å². The third kappa shape index (κ3) is 5.76. The molecule has 3 heteroatoms. The van der Waals surface area contributed by atoms with E-state index in [9.17, 15) is 4.79 Å². The fourth-order valence-corrected chi connectivity index (χ4v) is 1.48. The number of carboxylic acids is 1. The van der Waals surface area contributed by atoms with Gasteiger partial charge in [-0.25, -0.2) is 0 Å². The van der Waals surface area contributed by atoms with E-state index in [1.807, 2.05) is 36.4 Å². The molecule has 0 aliphatic heterocycles. The molecule has 92 valence electrons. The van der Waals surface area contributed by atoms with E-state index in [1.54, 1.807) is 7.11 Å². The minimum Gasteiger partial charge on any atom is -0.497 e. The number of aliphatic carboxylic acids is 1. The molecule has 0 aromatic heterocycles. The molecule has 0 atom stereocenters. The lowest BCUT2D eigenvalue weighted by Gasteiger charge is -2.01. The van der Waals surface area contributed by atoms with E-state index in [0.717, 1.165) is 18.6 Å². The Labute approximate surface area is 102 Å². The molecule has 1 aromatic rings. The van der Waals surface area contributed by atoms with Gasteiger partial charge in [-0.3, -0.25) is 4.79 Å². The number of carbonyl (C=O) groups is 1.